The largest absolute Gasteiger partial charge is 0.484 e. The fraction of sp³-hybridized carbons (Fsp3) is 0.708. The monoisotopic (exact) mass is 1020 g/mol. The highest BCUT2D eigenvalue weighted by Gasteiger charge is 2.62. The van der Waals surface area contributed by atoms with Crippen molar-refractivity contribution in [3.05, 3.63) is 28.8 Å². The first kappa shape index (κ1) is 56.0. The molecular weight excluding hydrogens is 952 g/mol. The first-order chi connectivity index (χ1) is 32.7. The van der Waals surface area contributed by atoms with E-state index in [9.17, 15) is 59.9 Å². The molecular formula is C48H66ClF6N7O8. The van der Waals surface area contributed by atoms with Gasteiger partial charge in [-0.15, -0.1) is 0 Å². The number of benzene rings is 1. The van der Waals surface area contributed by atoms with Gasteiger partial charge in [-0.2, -0.15) is 26.3 Å². The third kappa shape index (κ3) is 13.9. The molecule has 5 rings (SSSR count). The normalized spacial score (nSPS) is 23.6. The van der Waals surface area contributed by atoms with Gasteiger partial charge in [-0.25, -0.2) is 4.99 Å². The third-order valence-electron chi connectivity index (χ3n) is 13.7. The van der Waals surface area contributed by atoms with Crippen LogP contribution in [0.15, 0.2) is 23.2 Å². The van der Waals surface area contributed by atoms with Crippen LogP contribution in [0.4, 0.5) is 26.3 Å². The van der Waals surface area contributed by atoms with Gasteiger partial charge >= 0.3 is 12.4 Å². The summed E-state index contributed by atoms with van der Waals surface area (Å²) < 4.78 is 88.4. The van der Waals surface area contributed by atoms with Crippen LogP contribution in [0.2, 0.25) is 5.02 Å². The maximum absolute atomic E-state index is 14.6. The summed E-state index contributed by atoms with van der Waals surface area (Å²) >= 11 is 6.21. The van der Waals surface area contributed by atoms with Crippen molar-refractivity contribution in [3.8, 4) is 5.75 Å². The summed E-state index contributed by atoms with van der Waals surface area (Å²) in [6.45, 7) is 4.86. The molecule has 2 aliphatic heterocycles. The zero-order valence-corrected chi connectivity index (χ0v) is 41.4. The van der Waals surface area contributed by atoms with Gasteiger partial charge in [0, 0.05) is 32.2 Å². The number of ether oxygens (including phenoxy) is 1. The van der Waals surface area contributed by atoms with Gasteiger partial charge in [0.1, 0.15) is 46.6 Å². The fourth-order valence-corrected chi connectivity index (χ4v) is 9.73. The Kier molecular flexibility index (Phi) is 18.4. The predicted octanol–water partition coefficient (Wildman–Crippen LogP) is 6.47. The number of amides is 7. The van der Waals surface area contributed by atoms with E-state index in [1.165, 1.54) is 46.1 Å². The highest BCUT2D eigenvalue weighted by Crippen LogP contribution is 2.51. The summed E-state index contributed by atoms with van der Waals surface area (Å²) in [4.78, 5) is 107. The van der Waals surface area contributed by atoms with Crippen LogP contribution in [0.5, 0.6) is 5.75 Å². The van der Waals surface area contributed by atoms with Crippen molar-refractivity contribution < 1.29 is 64.6 Å². The smallest absolute Gasteiger partial charge is 0.422 e. The number of nitrogens with zero attached hydrogens (tertiary/aromatic N) is 4. The number of carbonyl (C=O) groups excluding carboxylic acids is 7. The summed E-state index contributed by atoms with van der Waals surface area (Å²) in [5.41, 5.74) is -4.20. The molecule has 4 aliphatic rings. The number of rotatable bonds is 13. The Labute approximate surface area is 409 Å². The molecule has 0 spiro atoms. The van der Waals surface area contributed by atoms with E-state index in [0.29, 0.717) is 25.7 Å². The first-order valence-corrected chi connectivity index (χ1v) is 24.5. The minimum atomic E-state index is -4.82. The van der Waals surface area contributed by atoms with Crippen LogP contribution < -0.4 is 20.7 Å². The van der Waals surface area contributed by atoms with Crippen LogP contribution in [0, 0.1) is 17.3 Å². The molecule has 7 amide bonds. The van der Waals surface area contributed by atoms with Crippen molar-refractivity contribution in [3.63, 3.8) is 0 Å². The van der Waals surface area contributed by atoms with Gasteiger partial charge < -0.3 is 35.4 Å². The number of likely N-dealkylation sites (tertiary alicyclic amines) is 1. The number of alkyl halides is 6. The molecule has 0 radical (unpaired) electrons. The molecule has 0 unspecified atom stereocenters. The summed E-state index contributed by atoms with van der Waals surface area (Å²) in [5.74, 6) is -6.53. The van der Waals surface area contributed by atoms with Gasteiger partial charge in [0.2, 0.25) is 29.5 Å². The molecule has 3 N–H and O–H groups in total. The standard InChI is InChI=1S/C48H66ClF6N7O8/c1-28(2)25-32-41(66)60(5)34(19-17-30-26-31(49)18-20-36(30)70-27-47(50,51)52)40(65)59-45(3,4)43(68)56-23-11-8-13-33(38(63)57-32)61(6)42(67)37(29-15-16-29)58-39(64)35-14-12-24-62(35)44(69)46(48(53,54)55)21-9-7-10-22-46/h18,20,26,28-29,33-35,37H,7-17,19,21-25,27H2,1-6H3,(H,56,68)(H,58,64)(H,59,65)/t33-,34-,35-,37-/m0/s1. The number of carbonyl (C=O) groups is 7. The lowest BCUT2D eigenvalue weighted by Gasteiger charge is -2.41. The fourth-order valence-electron chi connectivity index (χ4n) is 9.54. The Bertz CT molecular complexity index is 2140. The van der Waals surface area contributed by atoms with Crippen molar-refractivity contribution >= 4 is 58.7 Å². The van der Waals surface area contributed by atoms with Gasteiger partial charge in [0.05, 0.1) is 0 Å². The van der Waals surface area contributed by atoms with Crippen LogP contribution in [0.3, 0.4) is 0 Å². The zero-order chi connectivity index (χ0) is 51.9. The average Bonchev–Trinajstić information content (AvgIpc) is 4.01. The topological polar surface area (TPSA) is 187 Å². The predicted molar refractivity (Wildman–Crippen MR) is 246 cm³/mol. The lowest BCUT2D eigenvalue weighted by atomic mass is 9.72. The van der Waals surface area contributed by atoms with Crippen LogP contribution >= 0.6 is 11.6 Å². The molecule has 1 aromatic rings. The number of hydrogen-bond acceptors (Lipinski definition) is 8. The minimum absolute atomic E-state index is 0.00364. The second kappa shape index (κ2) is 23.1. The first-order valence-electron chi connectivity index (χ1n) is 24.1. The highest BCUT2D eigenvalue weighted by molar-refractivity contribution is 6.40. The molecule has 2 heterocycles. The molecule has 70 heavy (non-hydrogen) atoms. The van der Waals surface area contributed by atoms with Gasteiger partial charge in [-0.3, -0.25) is 33.6 Å². The molecule has 390 valence electrons. The van der Waals surface area contributed by atoms with Crippen molar-refractivity contribution in [2.45, 2.75) is 166 Å². The van der Waals surface area contributed by atoms with Gasteiger partial charge in [-0.05, 0) is 126 Å². The molecule has 2 aliphatic carbocycles. The Hall–Kier alpha value is -4.95. The maximum Gasteiger partial charge on any atom is 0.422 e. The molecule has 0 aromatic heterocycles. The van der Waals surface area contributed by atoms with Crippen molar-refractivity contribution in [1.29, 1.82) is 0 Å². The number of halogens is 7. The summed E-state index contributed by atoms with van der Waals surface area (Å²) in [6.07, 6.45) is -7.68. The van der Waals surface area contributed by atoms with Crippen LogP contribution in [0.1, 0.15) is 123 Å². The van der Waals surface area contributed by atoms with Gasteiger partial charge in [-0.1, -0.05) is 44.7 Å². The van der Waals surface area contributed by atoms with E-state index in [4.69, 9.17) is 16.3 Å². The molecule has 3 fully saturated rings. The Morgan fingerprint density at radius 3 is 2.24 bits per heavy atom. The molecule has 1 saturated heterocycles. The van der Waals surface area contributed by atoms with Crippen molar-refractivity contribution in [2.75, 3.05) is 33.8 Å². The Balaban J connectivity index is 1.44. The van der Waals surface area contributed by atoms with Crippen LogP contribution in [-0.4, -0.2) is 138 Å². The molecule has 4 atom stereocenters. The van der Waals surface area contributed by atoms with E-state index < -0.39 is 95.4 Å². The number of hydrogen-bond donors (Lipinski definition) is 3. The van der Waals surface area contributed by atoms with Gasteiger partial charge in [0.15, 0.2) is 6.61 Å². The average molecular weight is 1020 g/mol. The lowest BCUT2D eigenvalue weighted by molar-refractivity contribution is -0.236. The van der Waals surface area contributed by atoms with E-state index in [-0.39, 0.29) is 118 Å². The molecule has 22 heteroatoms. The Morgan fingerprint density at radius 1 is 0.957 bits per heavy atom. The molecule has 0 bridgehead atoms. The van der Waals surface area contributed by atoms with Crippen LogP contribution in [-0.2, 0) is 40.0 Å². The molecule has 2 saturated carbocycles. The second-order valence-corrected chi connectivity index (χ2v) is 20.5. The number of aliphatic imine (C=N–C) groups is 1. The van der Waals surface area contributed by atoms with Crippen molar-refractivity contribution in [2.24, 2.45) is 22.2 Å². The van der Waals surface area contributed by atoms with E-state index in [2.05, 4.69) is 20.9 Å². The lowest BCUT2D eigenvalue weighted by Crippen LogP contribution is -2.60. The number of likely N-dealkylation sites (N-methyl/N-ethyl adjacent to an activating group) is 2. The van der Waals surface area contributed by atoms with E-state index in [1.807, 2.05) is 0 Å². The van der Waals surface area contributed by atoms with E-state index in [1.54, 1.807) is 13.8 Å². The minimum Gasteiger partial charge on any atom is -0.484 e. The number of nitrogens with one attached hydrogen (secondary N) is 3. The summed E-state index contributed by atoms with van der Waals surface area (Å²) in [5, 5.41) is 8.35. The highest BCUT2D eigenvalue weighted by atomic mass is 35.5. The van der Waals surface area contributed by atoms with Gasteiger partial charge in [0.25, 0.3) is 11.8 Å². The molecule has 15 nitrogen and oxygen atoms in total. The van der Waals surface area contributed by atoms with E-state index in [0.717, 1.165) is 14.7 Å². The van der Waals surface area contributed by atoms with Crippen LogP contribution in [0.25, 0.3) is 0 Å². The summed E-state index contributed by atoms with van der Waals surface area (Å²) in [7, 11) is 2.64. The van der Waals surface area contributed by atoms with Crippen molar-refractivity contribution in [1.82, 2.24) is 30.7 Å². The SMILES string of the molecule is CC(C)CC1=NC(=O)[C@@H](N(C)C(=O)[C@@H](NC(=O)[C@@H]2CCCN2C(=O)C2(C(F)(F)F)CCCCC2)C2CC2)CCCCNC(=O)C(C)(C)NC(=O)[C@H](CCc2cc(Cl)ccc2OCC(F)(F)F)N(C)C1=O. The maximum atomic E-state index is 14.6. The zero-order valence-electron chi connectivity index (χ0n) is 40.6. The van der Waals surface area contributed by atoms with E-state index >= 15 is 0 Å². The Morgan fingerprint density at radius 2 is 1.63 bits per heavy atom. The molecule has 1 aromatic carbocycles. The third-order valence-corrected chi connectivity index (χ3v) is 13.9. The summed E-state index contributed by atoms with van der Waals surface area (Å²) in [6, 6.07) is -1.21. The quantitative estimate of drug-likeness (QED) is 0.188. The second-order valence-electron chi connectivity index (χ2n) is 20.1. The number of aryl methyl sites for hydroxylation is 1.